The normalized spacial score (nSPS) is 15.1. The van der Waals surface area contributed by atoms with Gasteiger partial charge < -0.3 is 19.3 Å². The molecule has 1 amide bonds. The third-order valence-corrected chi connectivity index (χ3v) is 5.01. The molecule has 0 radical (unpaired) electrons. The minimum Gasteiger partial charge on any atom is -0.489 e. The van der Waals surface area contributed by atoms with Crippen molar-refractivity contribution in [2.75, 3.05) is 6.61 Å². The second-order valence-electron chi connectivity index (χ2n) is 7.33. The van der Waals surface area contributed by atoms with E-state index < -0.39 is 24.0 Å². The first-order valence-corrected chi connectivity index (χ1v) is 9.36. The van der Waals surface area contributed by atoms with Crippen molar-refractivity contribution < 1.29 is 23.6 Å². The van der Waals surface area contributed by atoms with Gasteiger partial charge in [0.25, 0.3) is 5.91 Å². The Morgan fingerprint density at radius 1 is 1.31 bits per heavy atom. The van der Waals surface area contributed by atoms with Crippen molar-refractivity contribution in [3.8, 4) is 11.8 Å². The first kappa shape index (κ1) is 20.4. The molecule has 8 nitrogen and oxygen atoms in total. The maximum Gasteiger partial charge on any atom is 0.338 e. The number of hydrogen-bond acceptors (Lipinski definition) is 7. The molecule has 8 heteroatoms. The van der Waals surface area contributed by atoms with Gasteiger partial charge in [0.15, 0.2) is 6.61 Å². The van der Waals surface area contributed by atoms with Gasteiger partial charge in [0.1, 0.15) is 23.7 Å². The van der Waals surface area contributed by atoms with Crippen LogP contribution >= 0.6 is 0 Å². The van der Waals surface area contributed by atoms with Crippen LogP contribution < -0.4 is 10.1 Å². The lowest BCUT2D eigenvalue weighted by atomic mass is 9.98. The third kappa shape index (κ3) is 4.93. The zero-order valence-electron chi connectivity index (χ0n) is 16.7. The van der Waals surface area contributed by atoms with E-state index in [9.17, 15) is 14.9 Å². The highest BCUT2D eigenvalue weighted by Gasteiger charge is 2.43. The number of rotatable bonds is 8. The highest BCUT2D eigenvalue weighted by Crippen LogP contribution is 2.39. The SMILES string of the molecule is Cc1noc(C)c1COc1ccc(C(=O)OCC(=O)N[C@@](C)(C#N)C2CC2)cc1. The van der Waals surface area contributed by atoms with Crippen LogP contribution in [0.15, 0.2) is 28.8 Å². The van der Waals surface area contributed by atoms with Gasteiger partial charge in [-0.1, -0.05) is 5.16 Å². The van der Waals surface area contributed by atoms with E-state index in [0.29, 0.717) is 23.7 Å². The second-order valence-corrected chi connectivity index (χ2v) is 7.33. The number of aromatic nitrogens is 1. The molecule has 29 heavy (non-hydrogen) atoms. The average Bonchev–Trinajstić information content (AvgIpc) is 3.52. The van der Waals surface area contributed by atoms with E-state index in [2.05, 4.69) is 16.5 Å². The Morgan fingerprint density at radius 3 is 2.55 bits per heavy atom. The lowest BCUT2D eigenvalue weighted by molar-refractivity contribution is -0.125. The molecule has 1 heterocycles. The molecule has 1 aromatic heterocycles. The van der Waals surface area contributed by atoms with E-state index in [0.717, 1.165) is 24.1 Å². The third-order valence-electron chi connectivity index (χ3n) is 5.01. The number of nitriles is 1. The van der Waals surface area contributed by atoms with Crippen LogP contribution in [0.4, 0.5) is 0 Å². The Balaban J connectivity index is 1.48. The molecule has 1 aliphatic rings. The minimum atomic E-state index is -0.913. The fraction of sp³-hybridized carbons (Fsp3) is 0.429. The van der Waals surface area contributed by atoms with Gasteiger partial charge in [0.05, 0.1) is 22.9 Å². The summed E-state index contributed by atoms with van der Waals surface area (Å²) in [5, 5.41) is 15.8. The van der Waals surface area contributed by atoms with Crippen LogP contribution in [0.5, 0.6) is 5.75 Å². The predicted octanol–water partition coefficient (Wildman–Crippen LogP) is 2.84. The van der Waals surface area contributed by atoms with Gasteiger partial charge in [-0.15, -0.1) is 0 Å². The molecular weight excluding hydrogens is 374 g/mol. The number of amides is 1. The summed E-state index contributed by atoms with van der Waals surface area (Å²) < 4.78 is 15.8. The fourth-order valence-corrected chi connectivity index (χ4v) is 2.97. The summed E-state index contributed by atoms with van der Waals surface area (Å²) in [6, 6.07) is 8.55. The molecule has 3 rings (SSSR count). The Kier molecular flexibility index (Phi) is 5.87. The standard InChI is InChI=1S/C21H23N3O5/c1-13-18(14(2)29-24-13)10-27-17-8-4-15(5-9-17)20(26)28-11-19(25)23-21(3,12-22)16-6-7-16/h4-5,8-9,16H,6-7,10-11H2,1-3H3,(H,23,25)/t21-/m0/s1. The Hall–Kier alpha value is -3.34. The fourth-order valence-electron chi connectivity index (χ4n) is 2.97. The number of benzene rings is 1. The van der Waals surface area contributed by atoms with Crippen molar-refractivity contribution in [1.82, 2.24) is 10.5 Å². The molecule has 1 N–H and O–H groups in total. The number of nitrogens with one attached hydrogen (secondary N) is 1. The smallest absolute Gasteiger partial charge is 0.338 e. The molecule has 0 aliphatic heterocycles. The molecule has 1 atom stereocenters. The second kappa shape index (κ2) is 8.35. The average molecular weight is 397 g/mol. The number of carbonyl (C=O) groups is 2. The van der Waals surface area contributed by atoms with Crippen LogP contribution in [0, 0.1) is 31.1 Å². The molecule has 1 saturated carbocycles. The van der Waals surface area contributed by atoms with Gasteiger partial charge >= 0.3 is 5.97 Å². The van der Waals surface area contributed by atoms with Crippen molar-refractivity contribution in [3.63, 3.8) is 0 Å². The summed E-state index contributed by atoms with van der Waals surface area (Å²) in [7, 11) is 0. The number of ether oxygens (including phenoxy) is 2. The molecule has 2 aromatic rings. The van der Waals surface area contributed by atoms with Gasteiger partial charge in [-0.25, -0.2) is 4.79 Å². The molecule has 0 bridgehead atoms. The van der Waals surface area contributed by atoms with Crippen LogP contribution in [0.2, 0.25) is 0 Å². The maximum atomic E-state index is 12.1. The molecule has 1 aliphatic carbocycles. The van der Waals surface area contributed by atoms with Gasteiger partial charge in [0.2, 0.25) is 0 Å². The van der Waals surface area contributed by atoms with Gasteiger partial charge in [0, 0.05) is 0 Å². The van der Waals surface area contributed by atoms with Crippen molar-refractivity contribution in [1.29, 1.82) is 5.26 Å². The molecule has 152 valence electrons. The summed E-state index contributed by atoms with van der Waals surface area (Å²) in [5.41, 5.74) is 1.04. The summed E-state index contributed by atoms with van der Waals surface area (Å²) in [6.07, 6.45) is 1.82. The molecule has 1 aromatic carbocycles. The minimum absolute atomic E-state index is 0.158. The number of esters is 1. The van der Waals surface area contributed by atoms with Crippen LogP contribution in [0.1, 0.15) is 47.1 Å². The van der Waals surface area contributed by atoms with Crippen LogP contribution in [-0.2, 0) is 16.1 Å². The van der Waals surface area contributed by atoms with Crippen LogP contribution in [-0.4, -0.2) is 29.2 Å². The summed E-state index contributed by atoms with van der Waals surface area (Å²) in [5.74, 6) is 0.324. The van der Waals surface area contributed by atoms with Crippen molar-refractivity contribution in [2.45, 2.75) is 45.8 Å². The zero-order valence-corrected chi connectivity index (χ0v) is 16.7. The van der Waals surface area contributed by atoms with E-state index in [1.807, 2.05) is 13.8 Å². The highest BCUT2D eigenvalue weighted by molar-refractivity contribution is 5.91. The van der Waals surface area contributed by atoms with E-state index >= 15 is 0 Å². The Labute approximate surface area is 168 Å². The molecular formula is C21H23N3O5. The number of hydrogen-bond donors (Lipinski definition) is 1. The number of aryl methyl sites for hydroxylation is 2. The summed E-state index contributed by atoms with van der Waals surface area (Å²) in [6.45, 7) is 5.22. The van der Waals surface area contributed by atoms with Crippen LogP contribution in [0.25, 0.3) is 0 Å². The van der Waals surface area contributed by atoms with Gasteiger partial charge in [-0.2, -0.15) is 5.26 Å². The van der Waals surface area contributed by atoms with Gasteiger partial charge in [-0.3, -0.25) is 4.79 Å². The molecule has 0 unspecified atom stereocenters. The van der Waals surface area contributed by atoms with Crippen molar-refractivity contribution in [2.24, 2.45) is 5.92 Å². The first-order valence-electron chi connectivity index (χ1n) is 9.36. The molecule has 0 saturated heterocycles. The summed E-state index contributed by atoms with van der Waals surface area (Å²) >= 11 is 0. The lowest BCUT2D eigenvalue weighted by Crippen LogP contribution is -2.48. The monoisotopic (exact) mass is 397 g/mol. The number of nitrogens with zero attached hydrogens (tertiary/aromatic N) is 2. The van der Waals surface area contributed by atoms with E-state index in [1.54, 1.807) is 31.2 Å². The highest BCUT2D eigenvalue weighted by atomic mass is 16.5. The van der Waals surface area contributed by atoms with E-state index in [-0.39, 0.29) is 5.92 Å². The Bertz CT molecular complexity index is 921. The summed E-state index contributed by atoms with van der Waals surface area (Å²) in [4.78, 5) is 24.2. The van der Waals surface area contributed by atoms with Crippen LogP contribution in [0.3, 0.4) is 0 Å². The maximum absolute atomic E-state index is 12.1. The van der Waals surface area contributed by atoms with E-state index in [4.69, 9.17) is 14.0 Å². The lowest BCUT2D eigenvalue weighted by Gasteiger charge is -2.22. The van der Waals surface area contributed by atoms with Crippen molar-refractivity contribution >= 4 is 11.9 Å². The topological polar surface area (TPSA) is 114 Å². The van der Waals surface area contributed by atoms with E-state index in [1.165, 1.54) is 0 Å². The number of carbonyl (C=O) groups excluding carboxylic acids is 2. The van der Waals surface area contributed by atoms with Gasteiger partial charge in [-0.05, 0) is 63.8 Å². The predicted molar refractivity (Wildman–Crippen MR) is 102 cm³/mol. The molecule has 1 fully saturated rings. The molecule has 0 spiro atoms. The first-order chi connectivity index (χ1) is 13.8. The zero-order chi connectivity index (χ0) is 21.0. The largest absolute Gasteiger partial charge is 0.489 e. The quantitative estimate of drug-likeness (QED) is 0.681. The van der Waals surface area contributed by atoms with Crippen molar-refractivity contribution in [3.05, 3.63) is 46.8 Å². The Morgan fingerprint density at radius 2 is 2.00 bits per heavy atom.